The number of nitrogens with zero attached hydrogens (tertiary/aromatic N) is 2. The van der Waals surface area contributed by atoms with Gasteiger partial charge < -0.3 is 9.88 Å². The van der Waals surface area contributed by atoms with Gasteiger partial charge in [-0.3, -0.25) is 4.79 Å². The van der Waals surface area contributed by atoms with Crippen LogP contribution in [-0.2, 0) is 24.1 Å². The summed E-state index contributed by atoms with van der Waals surface area (Å²) in [4.78, 5) is 15.7. The van der Waals surface area contributed by atoms with Gasteiger partial charge in [-0.15, -0.1) is 0 Å². The van der Waals surface area contributed by atoms with Crippen LogP contribution in [0.1, 0.15) is 11.4 Å². The average molecular weight is 368 g/mol. The standard InChI is InChI=1S/C17H13ClF3N3O/c18-12-6-7-14-13(8-12)23-16(17(19,20)21)24(14)10-15(25)22-9-11-4-2-1-3-5-11/h1-8H,9-10H2,(H,22,25). The van der Waals surface area contributed by atoms with Gasteiger partial charge in [0.25, 0.3) is 0 Å². The minimum Gasteiger partial charge on any atom is -0.350 e. The van der Waals surface area contributed by atoms with E-state index < -0.39 is 24.5 Å². The number of halogens is 4. The normalized spacial score (nSPS) is 11.7. The Morgan fingerprint density at radius 1 is 1.16 bits per heavy atom. The van der Waals surface area contributed by atoms with Crippen molar-refractivity contribution in [3.8, 4) is 0 Å². The van der Waals surface area contributed by atoms with E-state index in [0.29, 0.717) is 0 Å². The summed E-state index contributed by atoms with van der Waals surface area (Å²) in [6.45, 7) is -0.251. The minimum atomic E-state index is -4.68. The molecule has 3 aromatic rings. The third-order valence-corrected chi connectivity index (χ3v) is 3.83. The van der Waals surface area contributed by atoms with E-state index in [1.54, 1.807) is 0 Å². The average Bonchev–Trinajstić information content (AvgIpc) is 2.92. The number of hydrogen-bond acceptors (Lipinski definition) is 2. The molecule has 4 nitrogen and oxygen atoms in total. The zero-order valence-corrected chi connectivity index (χ0v) is 13.6. The first-order chi connectivity index (χ1) is 11.8. The smallest absolute Gasteiger partial charge is 0.350 e. The molecule has 0 spiro atoms. The number of amides is 1. The highest BCUT2D eigenvalue weighted by atomic mass is 35.5. The number of carbonyl (C=O) groups excluding carboxylic acids is 1. The van der Waals surface area contributed by atoms with Crippen LogP contribution >= 0.6 is 11.6 Å². The van der Waals surface area contributed by atoms with Gasteiger partial charge in [-0.2, -0.15) is 13.2 Å². The van der Waals surface area contributed by atoms with Gasteiger partial charge in [0.15, 0.2) is 0 Å². The lowest BCUT2D eigenvalue weighted by atomic mass is 10.2. The number of carbonyl (C=O) groups is 1. The van der Waals surface area contributed by atoms with Crippen LogP contribution < -0.4 is 5.32 Å². The zero-order chi connectivity index (χ0) is 18.0. The number of benzene rings is 2. The van der Waals surface area contributed by atoms with E-state index in [2.05, 4.69) is 10.3 Å². The molecule has 1 aromatic heterocycles. The third-order valence-electron chi connectivity index (χ3n) is 3.60. The van der Waals surface area contributed by atoms with Crippen molar-refractivity contribution >= 4 is 28.5 Å². The summed E-state index contributed by atoms with van der Waals surface area (Å²) in [5, 5.41) is 2.89. The Hall–Kier alpha value is -2.54. The SMILES string of the molecule is O=C(Cn1c(C(F)(F)F)nc2cc(Cl)ccc21)NCc1ccccc1. The van der Waals surface area contributed by atoms with Crippen LogP contribution in [0.5, 0.6) is 0 Å². The van der Waals surface area contributed by atoms with Crippen molar-refractivity contribution in [2.75, 3.05) is 0 Å². The Bertz CT molecular complexity index is 907. The lowest BCUT2D eigenvalue weighted by Crippen LogP contribution is -2.29. The highest BCUT2D eigenvalue weighted by Gasteiger charge is 2.38. The van der Waals surface area contributed by atoms with E-state index in [1.165, 1.54) is 18.2 Å². The first-order valence-electron chi connectivity index (χ1n) is 7.38. The molecule has 0 aliphatic carbocycles. The molecule has 2 aromatic carbocycles. The summed E-state index contributed by atoms with van der Waals surface area (Å²) in [6, 6.07) is 13.3. The molecule has 0 atom stereocenters. The van der Waals surface area contributed by atoms with E-state index in [1.807, 2.05) is 30.3 Å². The third kappa shape index (κ3) is 3.93. The molecule has 0 unspecified atom stereocenters. The molecule has 0 radical (unpaired) electrons. The van der Waals surface area contributed by atoms with Gasteiger partial charge in [0.2, 0.25) is 11.7 Å². The van der Waals surface area contributed by atoms with E-state index in [-0.39, 0.29) is 22.6 Å². The number of nitrogens with one attached hydrogen (secondary N) is 1. The van der Waals surface area contributed by atoms with Crippen LogP contribution in [0.4, 0.5) is 13.2 Å². The fourth-order valence-corrected chi connectivity index (χ4v) is 2.64. The predicted octanol–water partition coefficient (Wildman–Crippen LogP) is 4.02. The van der Waals surface area contributed by atoms with Gasteiger partial charge in [0, 0.05) is 11.6 Å². The molecule has 1 amide bonds. The number of rotatable bonds is 4. The molecule has 1 N–H and O–H groups in total. The first-order valence-corrected chi connectivity index (χ1v) is 7.76. The maximum absolute atomic E-state index is 13.2. The lowest BCUT2D eigenvalue weighted by molar-refractivity contribution is -0.147. The number of alkyl halides is 3. The monoisotopic (exact) mass is 367 g/mol. The van der Waals surface area contributed by atoms with Crippen LogP contribution in [0.3, 0.4) is 0 Å². The maximum Gasteiger partial charge on any atom is 0.449 e. The molecule has 0 saturated heterocycles. The van der Waals surface area contributed by atoms with E-state index in [9.17, 15) is 18.0 Å². The zero-order valence-electron chi connectivity index (χ0n) is 12.8. The molecule has 0 aliphatic heterocycles. The minimum absolute atomic E-state index is 0.0932. The van der Waals surface area contributed by atoms with Crippen molar-refractivity contribution in [1.29, 1.82) is 0 Å². The molecule has 0 aliphatic rings. The van der Waals surface area contributed by atoms with Crippen LogP contribution in [0.15, 0.2) is 48.5 Å². The molecule has 8 heteroatoms. The molecule has 130 valence electrons. The summed E-state index contributed by atoms with van der Waals surface area (Å²) >= 11 is 5.81. The Kier molecular flexibility index (Phi) is 4.67. The lowest BCUT2D eigenvalue weighted by Gasteiger charge is -2.11. The van der Waals surface area contributed by atoms with Gasteiger partial charge in [0.1, 0.15) is 6.54 Å². The quantitative estimate of drug-likeness (QED) is 0.757. The first kappa shape index (κ1) is 17.3. The molecule has 0 saturated carbocycles. The summed E-state index contributed by atoms with van der Waals surface area (Å²) in [5.74, 6) is -1.66. The Balaban J connectivity index is 1.85. The van der Waals surface area contributed by atoms with Crippen molar-refractivity contribution in [3.63, 3.8) is 0 Å². The summed E-state index contributed by atoms with van der Waals surface area (Å²) < 4.78 is 40.6. The number of fused-ring (bicyclic) bond motifs is 1. The van der Waals surface area contributed by atoms with Gasteiger partial charge in [-0.1, -0.05) is 41.9 Å². The Morgan fingerprint density at radius 2 is 1.88 bits per heavy atom. The van der Waals surface area contributed by atoms with Crippen molar-refractivity contribution in [2.45, 2.75) is 19.3 Å². The van der Waals surface area contributed by atoms with Gasteiger partial charge in [-0.25, -0.2) is 4.98 Å². The number of imidazole rings is 1. The second kappa shape index (κ2) is 6.76. The Labute approximate surface area is 146 Å². The molecular formula is C17H13ClF3N3O. The molecule has 3 rings (SSSR count). The van der Waals surface area contributed by atoms with Crippen molar-refractivity contribution in [3.05, 3.63) is 64.9 Å². The second-order valence-corrected chi connectivity index (χ2v) is 5.85. The molecular weight excluding hydrogens is 355 g/mol. The van der Waals surface area contributed by atoms with Crippen molar-refractivity contribution in [1.82, 2.24) is 14.9 Å². The van der Waals surface area contributed by atoms with Gasteiger partial charge in [0.05, 0.1) is 11.0 Å². The fourth-order valence-electron chi connectivity index (χ4n) is 2.48. The number of aromatic nitrogens is 2. The van der Waals surface area contributed by atoms with Crippen LogP contribution in [-0.4, -0.2) is 15.5 Å². The van der Waals surface area contributed by atoms with E-state index in [0.717, 1.165) is 10.1 Å². The van der Waals surface area contributed by atoms with Gasteiger partial charge >= 0.3 is 6.18 Å². The Morgan fingerprint density at radius 3 is 2.56 bits per heavy atom. The predicted molar refractivity (Wildman–Crippen MR) is 88.0 cm³/mol. The molecule has 25 heavy (non-hydrogen) atoms. The maximum atomic E-state index is 13.2. The van der Waals surface area contributed by atoms with Crippen LogP contribution in [0, 0.1) is 0 Å². The van der Waals surface area contributed by atoms with Crippen molar-refractivity contribution in [2.24, 2.45) is 0 Å². The topological polar surface area (TPSA) is 46.9 Å². The fraction of sp³-hybridized carbons (Fsp3) is 0.176. The molecule has 1 heterocycles. The summed E-state index contributed by atoms with van der Waals surface area (Å²) in [6.07, 6.45) is -4.68. The summed E-state index contributed by atoms with van der Waals surface area (Å²) in [5.41, 5.74) is 1.15. The van der Waals surface area contributed by atoms with E-state index >= 15 is 0 Å². The van der Waals surface area contributed by atoms with Crippen LogP contribution in [0.2, 0.25) is 5.02 Å². The highest BCUT2D eigenvalue weighted by Crippen LogP contribution is 2.32. The summed E-state index contributed by atoms with van der Waals surface area (Å²) in [7, 11) is 0. The highest BCUT2D eigenvalue weighted by molar-refractivity contribution is 6.31. The number of hydrogen-bond donors (Lipinski definition) is 1. The van der Waals surface area contributed by atoms with Crippen molar-refractivity contribution < 1.29 is 18.0 Å². The molecule has 0 bridgehead atoms. The second-order valence-electron chi connectivity index (χ2n) is 5.41. The largest absolute Gasteiger partial charge is 0.449 e. The van der Waals surface area contributed by atoms with Crippen LogP contribution in [0.25, 0.3) is 11.0 Å². The van der Waals surface area contributed by atoms with Gasteiger partial charge in [-0.05, 0) is 23.8 Å². The van der Waals surface area contributed by atoms with E-state index in [4.69, 9.17) is 11.6 Å². The molecule has 0 fully saturated rings.